The highest BCUT2D eigenvalue weighted by Gasteiger charge is 2.23. The summed E-state index contributed by atoms with van der Waals surface area (Å²) in [4.78, 5) is 17.2. The lowest BCUT2D eigenvalue weighted by Crippen LogP contribution is -2.19. The van der Waals surface area contributed by atoms with Gasteiger partial charge in [0.05, 0.1) is 10.6 Å². The van der Waals surface area contributed by atoms with Gasteiger partial charge in [-0.25, -0.2) is 4.99 Å². The van der Waals surface area contributed by atoms with Crippen LogP contribution < -0.4 is 5.32 Å². The number of amides is 1. The normalized spacial score (nSPS) is 18.0. The molecule has 5 heteroatoms. The van der Waals surface area contributed by atoms with Gasteiger partial charge in [0.15, 0.2) is 5.17 Å². The molecule has 0 saturated carbocycles. The number of nitrogens with zero attached hydrogens (tertiary/aromatic N) is 1. The molecule has 1 heterocycles. The predicted octanol–water partition coefficient (Wildman–Crippen LogP) is 4.49. The molecule has 0 atom stereocenters. The van der Waals surface area contributed by atoms with E-state index in [2.05, 4.69) is 32.9 Å². The van der Waals surface area contributed by atoms with Crippen molar-refractivity contribution in [2.24, 2.45) is 4.99 Å². The smallest absolute Gasteiger partial charge is 0.264 e. The van der Waals surface area contributed by atoms with Gasteiger partial charge in [0.25, 0.3) is 5.91 Å². The number of thioether (sulfide) groups is 1. The maximum atomic E-state index is 12.1. The van der Waals surface area contributed by atoms with E-state index in [1.165, 1.54) is 11.8 Å². The van der Waals surface area contributed by atoms with Crippen LogP contribution in [0.2, 0.25) is 0 Å². The summed E-state index contributed by atoms with van der Waals surface area (Å²) in [5.41, 5.74) is 3.03. The van der Waals surface area contributed by atoms with Gasteiger partial charge >= 0.3 is 0 Å². The third-order valence-corrected chi connectivity index (χ3v) is 4.97. The number of amidine groups is 1. The zero-order valence-electron chi connectivity index (χ0n) is 11.8. The van der Waals surface area contributed by atoms with Gasteiger partial charge in [-0.15, -0.1) is 0 Å². The van der Waals surface area contributed by atoms with Crippen molar-refractivity contribution in [2.45, 2.75) is 6.92 Å². The molecule has 3 rings (SSSR count). The minimum absolute atomic E-state index is 0.101. The fraction of sp³-hybridized carbons (Fsp3) is 0.0588. The Kier molecular flexibility index (Phi) is 4.63. The second-order valence-corrected chi connectivity index (χ2v) is 7.04. The molecule has 0 aromatic heterocycles. The Bertz CT molecular complexity index is 799. The van der Waals surface area contributed by atoms with Crippen molar-refractivity contribution in [3.8, 4) is 0 Å². The molecule has 2 aromatic carbocycles. The molecule has 110 valence electrons. The fourth-order valence-corrected chi connectivity index (χ4v) is 3.40. The number of nitrogens with one attached hydrogen (secondary N) is 1. The Morgan fingerprint density at radius 3 is 2.77 bits per heavy atom. The fourth-order valence-electron chi connectivity index (χ4n) is 2.03. The van der Waals surface area contributed by atoms with Crippen molar-refractivity contribution in [2.75, 3.05) is 0 Å². The zero-order valence-corrected chi connectivity index (χ0v) is 14.8. The first kappa shape index (κ1) is 15.3. The average Bonchev–Trinajstić information content (AvgIpc) is 2.81. The number of carbonyl (C=O) groups is 1. The van der Waals surface area contributed by atoms with Crippen molar-refractivity contribution < 1.29 is 4.79 Å². The summed E-state index contributed by atoms with van der Waals surface area (Å²) < 4.78 is 1.12. The van der Waals surface area contributed by atoms with Crippen LogP contribution in [-0.2, 0) is 4.79 Å². The molecule has 1 fully saturated rings. The predicted molar refractivity (Wildman–Crippen MR) is 101 cm³/mol. The van der Waals surface area contributed by atoms with Gasteiger partial charge in [0.2, 0.25) is 0 Å². The maximum Gasteiger partial charge on any atom is 0.264 e. The topological polar surface area (TPSA) is 41.5 Å². The molecular formula is C17H13IN2OS. The van der Waals surface area contributed by atoms with Crippen LogP contribution in [0, 0.1) is 10.5 Å². The number of aryl methyl sites for hydroxylation is 1. The quantitative estimate of drug-likeness (QED) is 0.575. The Labute approximate surface area is 147 Å². The monoisotopic (exact) mass is 420 g/mol. The van der Waals surface area contributed by atoms with Crippen molar-refractivity contribution in [3.63, 3.8) is 0 Å². The molecule has 0 radical (unpaired) electrons. The van der Waals surface area contributed by atoms with Gasteiger partial charge in [-0.2, -0.15) is 0 Å². The number of benzene rings is 2. The number of aliphatic imine (C=N–C) groups is 1. The molecule has 0 bridgehead atoms. The summed E-state index contributed by atoms with van der Waals surface area (Å²) in [7, 11) is 0. The third kappa shape index (κ3) is 3.59. The van der Waals surface area contributed by atoms with Crippen LogP contribution in [0.15, 0.2) is 58.4 Å². The van der Waals surface area contributed by atoms with Crippen molar-refractivity contribution in [1.82, 2.24) is 5.32 Å². The van der Waals surface area contributed by atoms with E-state index < -0.39 is 0 Å². The van der Waals surface area contributed by atoms with Gasteiger partial charge in [0, 0.05) is 3.57 Å². The van der Waals surface area contributed by atoms with Gasteiger partial charge < -0.3 is 5.32 Å². The molecule has 0 unspecified atom stereocenters. The Balaban J connectivity index is 1.86. The molecule has 1 amide bonds. The van der Waals surface area contributed by atoms with Crippen molar-refractivity contribution >= 4 is 57.2 Å². The first-order valence-corrected chi connectivity index (χ1v) is 8.62. The van der Waals surface area contributed by atoms with Gasteiger partial charge in [-0.3, -0.25) is 4.79 Å². The van der Waals surface area contributed by atoms with Crippen molar-refractivity contribution in [3.05, 3.63) is 68.1 Å². The summed E-state index contributed by atoms with van der Waals surface area (Å²) >= 11 is 3.64. The van der Waals surface area contributed by atoms with Gasteiger partial charge in [-0.1, -0.05) is 30.3 Å². The molecule has 2 aromatic rings. The SMILES string of the molecule is Cc1cccc(N=C2NC(=O)C(=Cc3ccccc3I)S2)c1. The average molecular weight is 420 g/mol. The Morgan fingerprint density at radius 2 is 2.00 bits per heavy atom. The van der Waals surface area contributed by atoms with Crippen LogP contribution in [0.4, 0.5) is 5.69 Å². The highest BCUT2D eigenvalue weighted by Crippen LogP contribution is 2.29. The first-order chi connectivity index (χ1) is 10.6. The maximum absolute atomic E-state index is 12.1. The van der Waals surface area contributed by atoms with E-state index in [4.69, 9.17) is 0 Å². The van der Waals surface area contributed by atoms with E-state index in [1.807, 2.05) is 61.5 Å². The second kappa shape index (κ2) is 6.66. The molecule has 1 aliphatic rings. The van der Waals surface area contributed by atoms with Gasteiger partial charge in [-0.05, 0) is 76.7 Å². The van der Waals surface area contributed by atoms with E-state index in [9.17, 15) is 4.79 Å². The van der Waals surface area contributed by atoms with Crippen LogP contribution in [-0.4, -0.2) is 11.1 Å². The highest BCUT2D eigenvalue weighted by atomic mass is 127. The number of halogens is 1. The van der Waals surface area contributed by atoms with E-state index in [0.29, 0.717) is 10.1 Å². The van der Waals surface area contributed by atoms with E-state index in [1.54, 1.807) is 0 Å². The molecule has 22 heavy (non-hydrogen) atoms. The zero-order chi connectivity index (χ0) is 15.5. The summed E-state index contributed by atoms with van der Waals surface area (Å²) in [5.74, 6) is -0.101. The van der Waals surface area contributed by atoms with Crippen LogP contribution in [0.3, 0.4) is 0 Å². The number of hydrogen-bond acceptors (Lipinski definition) is 3. The lowest BCUT2D eigenvalue weighted by atomic mass is 10.2. The molecule has 1 N–H and O–H groups in total. The van der Waals surface area contributed by atoms with Crippen LogP contribution >= 0.6 is 34.4 Å². The van der Waals surface area contributed by atoms with E-state index >= 15 is 0 Å². The number of rotatable bonds is 2. The number of hydrogen-bond donors (Lipinski definition) is 1. The standard InChI is InChI=1S/C17H13IN2OS/c1-11-5-4-7-13(9-11)19-17-20-16(21)15(22-17)10-12-6-2-3-8-14(12)18/h2-10H,1H3,(H,19,20,21). The molecule has 1 aliphatic heterocycles. The summed E-state index contributed by atoms with van der Waals surface area (Å²) in [6.45, 7) is 2.02. The molecule has 0 spiro atoms. The lowest BCUT2D eigenvalue weighted by molar-refractivity contribution is -0.115. The third-order valence-electron chi connectivity index (χ3n) is 3.08. The molecular weight excluding hydrogens is 407 g/mol. The number of carbonyl (C=O) groups excluding carboxylic acids is 1. The lowest BCUT2D eigenvalue weighted by Gasteiger charge is -1.98. The Hall–Kier alpha value is -1.60. The van der Waals surface area contributed by atoms with Crippen LogP contribution in [0.25, 0.3) is 6.08 Å². The van der Waals surface area contributed by atoms with E-state index in [-0.39, 0.29) is 5.91 Å². The second-order valence-electron chi connectivity index (χ2n) is 4.84. The highest BCUT2D eigenvalue weighted by molar-refractivity contribution is 14.1. The van der Waals surface area contributed by atoms with Crippen molar-refractivity contribution in [1.29, 1.82) is 0 Å². The summed E-state index contributed by atoms with van der Waals surface area (Å²) in [6.07, 6.45) is 1.90. The Morgan fingerprint density at radius 1 is 1.18 bits per heavy atom. The van der Waals surface area contributed by atoms with Crippen LogP contribution in [0.1, 0.15) is 11.1 Å². The first-order valence-electron chi connectivity index (χ1n) is 6.72. The molecule has 3 nitrogen and oxygen atoms in total. The minimum Gasteiger partial charge on any atom is -0.300 e. The largest absolute Gasteiger partial charge is 0.300 e. The van der Waals surface area contributed by atoms with Crippen LogP contribution in [0.5, 0.6) is 0 Å². The molecule has 0 aliphatic carbocycles. The van der Waals surface area contributed by atoms with Gasteiger partial charge in [0.1, 0.15) is 0 Å². The summed E-state index contributed by atoms with van der Waals surface area (Å²) in [6, 6.07) is 15.9. The van der Waals surface area contributed by atoms with E-state index in [0.717, 1.165) is 20.4 Å². The molecule has 1 saturated heterocycles. The minimum atomic E-state index is -0.101. The summed E-state index contributed by atoms with van der Waals surface area (Å²) in [5, 5.41) is 3.43.